The van der Waals surface area contributed by atoms with Gasteiger partial charge in [-0.1, -0.05) is 64.6 Å². The van der Waals surface area contributed by atoms with E-state index in [4.69, 9.17) is 86.1 Å². The monoisotopic (exact) mass is 1130 g/mol. The SMILES string of the molecule is C#CC#CC#CC#CC#CC#CC#CC#CC#CC#CC#COc1cc(COc2ccc3cc(C(S)(c4cc(Cl)cc(Cl)c4)c4cc(Cl)cc(Cl)c4)ccc3c2)cc(OC#CC#CC#CC#CC#CC#CC#CC#CC#CC#CC#C)c1. The van der Waals surface area contributed by atoms with Crippen LogP contribution in [0.15, 0.2) is 91.0 Å². The molecule has 0 amide bonds. The van der Waals surface area contributed by atoms with Gasteiger partial charge in [0, 0.05) is 168 Å². The molecule has 0 aliphatic carbocycles. The summed E-state index contributed by atoms with van der Waals surface area (Å²) in [6, 6.07) is 27.3. The summed E-state index contributed by atoms with van der Waals surface area (Å²) in [6.45, 7) is 0.0968. The summed E-state index contributed by atoms with van der Waals surface area (Å²) in [4.78, 5) is 0. The third-order valence-corrected chi connectivity index (χ3v) is 10.6. The van der Waals surface area contributed by atoms with E-state index in [0.717, 1.165) is 27.5 Å². The van der Waals surface area contributed by atoms with Crippen molar-refractivity contribution in [3.05, 3.63) is 133 Å². The van der Waals surface area contributed by atoms with Crippen LogP contribution in [0.3, 0.4) is 0 Å². The normalized spacial score (nSPS) is 7.60. The average molecular weight is 1130 g/mol. The maximum Gasteiger partial charge on any atom is 0.144 e. The Hall–Kier alpha value is -12.4. The minimum Gasteiger partial charge on any atom is -0.489 e. The summed E-state index contributed by atoms with van der Waals surface area (Å²) < 4.78 is 16.6. The lowest BCUT2D eigenvalue weighted by atomic mass is 9.83. The highest BCUT2D eigenvalue weighted by molar-refractivity contribution is 7.81. The van der Waals surface area contributed by atoms with Crippen molar-refractivity contribution in [3.63, 3.8) is 0 Å². The molecule has 0 saturated heterocycles. The van der Waals surface area contributed by atoms with Gasteiger partial charge in [0.05, 0.1) is 4.75 Å². The van der Waals surface area contributed by atoms with Crippen molar-refractivity contribution in [1.82, 2.24) is 0 Å². The molecule has 5 aromatic rings. The Morgan fingerprint density at radius 1 is 0.317 bits per heavy atom. The van der Waals surface area contributed by atoms with Crippen molar-refractivity contribution in [2.24, 2.45) is 0 Å². The van der Waals surface area contributed by atoms with Gasteiger partial charge in [0.1, 0.15) is 36.1 Å². The fourth-order valence-electron chi connectivity index (χ4n) is 5.92. The Bertz CT molecular complexity index is 4630. The quantitative estimate of drug-likeness (QED) is 0.0954. The molecule has 368 valence electrons. The molecule has 5 aromatic carbocycles. The molecule has 8 heteroatoms. The Kier molecular flexibility index (Phi) is 26.4. The zero-order valence-electron chi connectivity index (χ0n) is 41.7. The van der Waals surface area contributed by atoms with Crippen LogP contribution in [0.25, 0.3) is 10.8 Å². The molecular formula is C74H20Cl4O3S. The second-order valence-electron chi connectivity index (χ2n) is 14.3. The molecule has 0 aliphatic heterocycles. The molecule has 3 nitrogen and oxygen atoms in total. The van der Waals surface area contributed by atoms with E-state index < -0.39 is 4.75 Å². The topological polar surface area (TPSA) is 27.7 Å². The van der Waals surface area contributed by atoms with Crippen LogP contribution in [0.2, 0.25) is 20.1 Å². The van der Waals surface area contributed by atoms with E-state index in [-0.39, 0.29) is 6.61 Å². The third kappa shape index (κ3) is 22.8. The second-order valence-corrected chi connectivity index (χ2v) is 16.7. The predicted octanol–water partition coefficient (Wildman–Crippen LogP) is 10.3. The average Bonchev–Trinajstić information content (AvgIpc) is 3.30. The molecule has 0 unspecified atom stereocenters. The van der Waals surface area contributed by atoms with E-state index in [1.165, 1.54) is 0 Å². The van der Waals surface area contributed by atoms with Gasteiger partial charge in [-0.2, -0.15) is 12.6 Å². The van der Waals surface area contributed by atoms with E-state index in [1.807, 2.05) is 60.7 Å². The van der Waals surface area contributed by atoms with Gasteiger partial charge < -0.3 is 14.2 Å². The first kappa shape index (κ1) is 60.5. The Balaban J connectivity index is 1.30. The second kappa shape index (κ2) is 35.8. The van der Waals surface area contributed by atoms with Gasteiger partial charge in [-0.25, -0.2) is 0 Å². The molecule has 5 rings (SSSR count). The van der Waals surface area contributed by atoms with Crippen molar-refractivity contribution in [1.29, 1.82) is 0 Å². The first-order valence-corrected chi connectivity index (χ1v) is 24.4. The van der Waals surface area contributed by atoms with E-state index in [1.54, 1.807) is 30.3 Å². The van der Waals surface area contributed by atoms with Gasteiger partial charge in [0.2, 0.25) is 0 Å². The van der Waals surface area contributed by atoms with Gasteiger partial charge in [0.25, 0.3) is 0 Å². The number of benzene rings is 5. The molecule has 0 heterocycles. The molecule has 82 heavy (non-hydrogen) atoms. The zero-order chi connectivity index (χ0) is 58.1. The standard InChI is InChI=1S/C74H20Cl4O3S/c1-3-5-7-9-11-13-15-17-19-21-23-25-27-29-31-33-35-37-39-41-47-79-72-49-61(50-73(59-72)80-48-42-40-38-36-34-32-30-28-26-24-22-20-18-16-14-12-10-8-6-4-2)60-81-71-46-44-62-51-64(45-43-63(62)52-71)74(82,65-53-67(75)57-68(76)54-65)66-55-69(77)58-70(78)56-66/h1-2,43-46,49-59,82H,60H2. The molecule has 0 spiro atoms. The van der Waals surface area contributed by atoms with Crippen molar-refractivity contribution in [3.8, 4) is 279 Å². The number of halogens is 4. The fraction of sp³-hybridized carbons (Fsp3) is 0.0270. The number of ether oxygens (including phenoxy) is 3. The van der Waals surface area contributed by atoms with Crippen molar-refractivity contribution in [2.75, 3.05) is 0 Å². The number of thiol groups is 1. The molecule has 0 N–H and O–H groups in total. The summed E-state index contributed by atoms with van der Waals surface area (Å²) in [5.74, 6) is 101. The van der Waals surface area contributed by atoms with Crippen LogP contribution in [-0.4, -0.2) is 0 Å². The van der Waals surface area contributed by atoms with Gasteiger partial charge >= 0.3 is 0 Å². The van der Waals surface area contributed by atoms with Crippen molar-refractivity contribution >= 4 is 69.8 Å². The van der Waals surface area contributed by atoms with Crippen LogP contribution in [-0.2, 0) is 11.4 Å². The van der Waals surface area contributed by atoms with Crippen LogP contribution in [0.5, 0.6) is 17.2 Å². The van der Waals surface area contributed by atoms with E-state index in [2.05, 4.69) is 249 Å². The van der Waals surface area contributed by atoms with Gasteiger partial charge in [0.15, 0.2) is 0 Å². The lowest BCUT2D eigenvalue weighted by Gasteiger charge is -2.32. The highest BCUT2D eigenvalue weighted by atomic mass is 35.5. The summed E-state index contributed by atoms with van der Waals surface area (Å²) in [5.41, 5.74) is 2.92. The van der Waals surface area contributed by atoms with Crippen LogP contribution >= 0.6 is 59.0 Å². The van der Waals surface area contributed by atoms with Crippen LogP contribution in [0, 0.1) is 262 Å². The number of hydrogen-bond acceptors (Lipinski definition) is 4. The molecule has 0 atom stereocenters. The number of terminal acetylenes is 2. The van der Waals surface area contributed by atoms with Crippen molar-refractivity contribution in [2.45, 2.75) is 11.4 Å². The first-order chi connectivity index (χ1) is 40.2. The smallest absolute Gasteiger partial charge is 0.144 e. The molecule has 0 bridgehead atoms. The van der Waals surface area contributed by atoms with E-state index in [9.17, 15) is 0 Å². The van der Waals surface area contributed by atoms with Crippen LogP contribution in [0.4, 0.5) is 0 Å². The Morgan fingerprint density at radius 2 is 0.622 bits per heavy atom. The zero-order valence-corrected chi connectivity index (χ0v) is 45.6. The molecule has 0 aromatic heterocycles. The number of fused-ring (bicyclic) bond motifs is 1. The summed E-state index contributed by atoms with van der Waals surface area (Å²) >= 11 is 31.3. The van der Waals surface area contributed by atoms with Crippen molar-refractivity contribution < 1.29 is 14.2 Å². The third-order valence-electron chi connectivity index (χ3n) is 8.97. The lowest BCUT2D eigenvalue weighted by Crippen LogP contribution is -2.22. The molecule has 0 saturated carbocycles. The number of hydrogen-bond donors (Lipinski definition) is 1. The molecular weight excluding hydrogens is 1110 g/mol. The lowest BCUT2D eigenvalue weighted by molar-refractivity contribution is 0.305. The van der Waals surface area contributed by atoms with Gasteiger partial charge in [-0.05, 0) is 194 Å². The molecule has 0 aliphatic rings. The van der Waals surface area contributed by atoms with E-state index >= 15 is 0 Å². The minimum atomic E-state index is -1.06. The predicted molar refractivity (Wildman–Crippen MR) is 331 cm³/mol. The van der Waals surface area contributed by atoms with Gasteiger partial charge in [-0.15, -0.1) is 12.8 Å². The maximum atomic E-state index is 6.50. The minimum absolute atomic E-state index is 0.0968. The van der Waals surface area contributed by atoms with Crippen LogP contribution < -0.4 is 14.2 Å². The highest BCUT2D eigenvalue weighted by Gasteiger charge is 2.34. The van der Waals surface area contributed by atoms with Gasteiger partial charge in [-0.3, -0.25) is 0 Å². The number of rotatable bonds is 8. The molecule has 0 radical (unpaired) electrons. The molecule has 0 fully saturated rings. The largest absolute Gasteiger partial charge is 0.489 e. The fourth-order valence-corrected chi connectivity index (χ4v) is 7.37. The first-order valence-electron chi connectivity index (χ1n) is 22.4. The Labute approximate surface area is 504 Å². The summed E-state index contributed by atoms with van der Waals surface area (Å²) in [6.07, 6.45) is 15.1. The Morgan fingerprint density at radius 3 is 0.963 bits per heavy atom. The van der Waals surface area contributed by atoms with E-state index in [0.29, 0.717) is 42.9 Å². The highest BCUT2D eigenvalue weighted by Crippen LogP contribution is 2.46. The van der Waals surface area contributed by atoms with Crippen LogP contribution in [0.1, 0.15) is 22.3 Å². The summed E-state index contributed by atoms with van der Waals surface area (Å²) in [5, 5.41) is 3.58. The summed E-state index contributed by atoms with van der Waals surface area (Å²) in [7, 11) is 0. The maximum absolute atomic E-state index is 6.50.